The van der Waals surface area contributed by atoms with E-state index in [1.165, 1.54) is 17.1 Å². The summed E-state index contributed by atoms with van der Waals surface area (Å²) in [6.07, 6.45) is 3.77. The summed E-state index contributed by atoms with van der Waals surface area (Å²) < 4.78 is 27.6. The van der Waals surface area contributed by atoms with Gasteiger partial charge in [0.1, 0.15) is 4.90 Å². The molecule has 0 spiro atoms. The number of hydrogen-bond donors (Lipinski definition) is 1. The molecule has 1 atom stereocenters. The second-order valence-corrected chi connectivity index (χ2v) is 6.34. The number of sulfonamides is 1. The Kier molecular flexibility index (Phi) is 4.94. The minimum Gasteiger partial charge on any atom is -0.274 e. The first-order valence-electron chi connectivity index (χ1n) is 5.00. The van der Waals surface area contributed by atoms with Crippen LogP contribution in [-0.4, -0.2) is 30.1 Å². The number of aromatic nitrogens is 2. The average Bonchev–Trinajstić information content (AvgIpc) is 2.63. The van der Waals surface area contributed by atoms with Crippen molar-refractivity contribution in [3.63, 3.8) is 0 Å². The van der Waals surface area contributed by atoms with Crippen LogP contribution < -0.4 is 4.72 Å². The molecule has 0 aliphatic rings. The van der Waals surface area contributed by atoms with Crippen LogP contribution in [0.5, 0.6) is 0 Å². The third kappa shape index (κ3) is 3.88. The van der Waals surface area contributed by atoms with Gasteiger partial charge in [0.15, 0.2) is 0 Å². The highest BCUT2D eigenvalue weighted by Crippen LogP contribution is 2.08. The highest BCUT2D eigenvalue weighted by atomic mass is 79.9. The third-order valence-electron chi connectivity index (χ3n) is 2.22. The first-order chi connectivity index (χ1) is 7.45. The number of aryl methyl sites for hydroxylation is 1. The van der Waals surface area contributed by atoms with E-state index in [0.29, 0.717) is 12.5 Å². The average molecular weight is 310 g/mol. The topological polar surface area (TPSA) is 64.0 Å². The fraction of sp³-hybridized carbons (Fsp3) is 0.667. The van der Waals surface area contributed by atoms with Crippen LogP contribution in [-0.2, 0) is 17.1 Å². The lowest BCUT2D eigenvalue weighted by molar-refractivity contribution is 0.532. The van der Waals surface area contributed by atoms with Crippen molar-refractivity contribution in [3.05, 3.63) is 12.4 Å². The van der Waals surface area contributed by atoms with E-state index in [9.17, 15) is 8.42 Å². The van der Waals surface area contributed by atoms with E-state index in [4.69, 9.17) is 0 Å². The SMILES string of the molecule is CC(CCBr)CNS(=O)(=O)c1cnn(C)c1. The summed E-state index contributed by atoms with van der Waals surface area (Å²) in [5, 5.41) is 4.71. The van der Waals surface area contributed by atoms with Gasteiger partial charge >= 0.3 is 0 Å². The number of nitrogens with one attached hydrogen (secondary N) is 1. The zero-order valence-corrected chi connectivity index (χ0v) is 11.8. The molecule has 0 bridgehead atoms. The van der Waals surface area contributed by atoms with E-state index in [1.807, 2.05) is 6.92 Å². The predicted molar refractivity (Wildman–Crippen MR) is 66.0 cm³/mol. The van der Waals surface area contributed by atoms with Crippen LogP contribution in [0.15, 0.2) is 17.3 Å². The molecule has 1 aromatic rings. The molecule has 0 aromatic carbocycles. The predicted octanol–water partition coefficient (Wildman–Crippen LogP) is 1.12. The highest BCUT2D eigenvalue weighted by Gasteiger charge is 2.16. The Bertz CT molecular complexity index is 430. The summed E-state index contributed by atoms with van der Waals surface area (Å²) in [4.78, 5) is 0.209. The van der Waals surface area contributed by atoms with Gasteiger partial charge in [0.25, 0.3) is 0 Å². The maximum Gasteiger partial charge on any atom is 0.243 e. The van der Waals surface area contributed by atoms with Gasteiger partial charge < -0.3 is 0 Å². The van der Waals surface area contributed by atoms with Crippen LogP contribution >= 0.6 is 15.9 Å². The van der Waals surface area contributed by atoms with Gasteiger partial charge in [-0.05, 0) is 12.3 Å². The smallest absolute Gasteiger partial charge is 0.243 e. The van der Waals surface area contributed by atoms with Crippen molar-refractivity contribution in [1.29, 1.82) is 0 Å². The molecule has 92 valence electrons. The minimum atomic E-state index is -3.40. The molecular formula is C9H16BrN3O2S. The fourth-order valence-electron chi connectivity index (χ4n) is 1.16. The number of alkyl halides is 1. The summed E-state index contributed by atoms with van der Waals surface area (Å²) in [5.41, 5.74) is 0. The summed E-state index contributed by atoms with van der Waals surface area (Å²) in [7, 11) is -1.71. The normalized spacial score (nSPS) is 13.9. The largest absolute Gasteiger partial charge is 0.274 e. The molecule has 0 amide bonds. The first kappa shape index (κ1) is 13.7. The van der Waals surface area contributed by atoms with Crippen molar-refractivity contribution < 1.29 is 8.42 Å². The molecule has 1 aromatic heterocycles. The molecule has 0 saturated carbocycles. The van der Waals surface area contributed by atoms with E-state index in [2.05, 4.69) is 25.8 Å². The third-order valence-corrected chi connectivity index (χ3v) is 4.05. The maximum atomic E-state index is 11.8. The van der Waals surface area contributed by atoms with Crippen molar-refractivity contribution in [1.82, 2.24) is 14.5 Å². The molecule has 7 heteroatoms. The van der Waals surface area contributed by atoms with Gasteiger partial charge in [0.05, 0.1) is 6.20 Å². The van der Waals surface area contributed by atoms with Crippen molar-refractivity contribution >= 4 is 26.0 Å². The van der Waals surface area contributed by atoms with E-state index in [0.717, 1.165) is 11.8 Å². The zero-order valence-electron chi connectivity index (χ0n) is 9.35. The van der Waals surface area contributed by atoms with Crippen LogP contribution in [0, 0.1) is 5.92 Å². The summed E-state index contributed by atoms with van der Waals surface area (Å²) in [5.74, 6) is 0.311. The Labute approximate surface area is 104 Å². The molecule has 5 nitrogen and oxygen atoms in total. The lowest BCUT2D eigenvalue weighted by atomic mass is 10.1. The Hall–Kier alpha value is -0.400. The van der Waals surface area contributed by atoms with Gasteiger partial charge in [-0.25, -0.2) is 13.1 Å². The quantitative estimate of drug-likeness (QED) is 0.801. The molecule has 1 heterocycles. The van der Waals surface area contributed by atoms with Crippen LogP contribution in [0.3, 0.4) is 0 Å². The summed E-state index contributed by atoms with van der Waals surface area (Å²) in [6, 6.07) is 0. The second-order valence-electron chi connectivity index (χ2n) is 3.78. The van der Waals surface area contributed by atoms with Crippen molar-refractivity contribution in [3.8, 4) is 0 Å². The lowest BCUT2D eigenvalue weighted by Crippen LogP contribution is -2.28. The Morgan fingerprint density at radius 1 is 1.62 bits per heavy atom. The molecule has 0 aliphatic heterocycles. The van der Waals surface area contributed by atoms with E-state index >= 15 is 0 Å². The van der Waals surface area contributed by atoms with Gasteiger partial charge in [0, 0.05) is 25.1 Å². The standard InChI is InChI=1S/C9H16BrN3O2S/c1-8(3-4-10)5-12-16(14,15)9-6-11-13(2)7-9/h6-8,12H,3-5H2,1-2H3. The molecular weight excluding hydrogens is 294 g/mol. The molecule has 0 aliphatic carbocycles. The summed E-state index contributed by atoms with van der Waals surface area (Å²) in [6.45, 7) is 2.45. The number of hydrogen-bond acceptors (Lipinski definition) is 3. The van der Waals surface area contributed by atoms with E-state index < -0.39 is 10.0 Å². The first-order valence-corrected chi connectivity index (χ1v) is 7.60. The Morgan fingerprint density at radius 3 is 2.81 bits per heavy atom. The molecule has 0 saturated heterocycles. The van der Waals surface area contributed by atoms with Crippen LogP contribution in [0.2, 0.25) is 0 Å². The van der Waals surface area contributed by atoms with Gasteiger partial charge in [-0.1, -0.05) is 22.9 Å². The number of rotatable bonds is 6. The van der Waals surface area contributed by atoms with Crippen molar-refractivity contribution in [2.75, 3.05) is 11.9 Å². The second kappa shape index (κ2) is 5.79. The number of halogens is 1. The molecule has 1 unspecified atom stereocenters. The molecule has 0 fully saturated rings. The monoisotopic (exact) mass is 309 g/mol. The van der Waals surface area contributed by atoms with Gasteiger partial charge in [0.2, 0.25) is 10.0 Å². The minimum absolute atomic E-state index is 0.209. The van der Waals surface area contributed by atoms with Crippen molar-refractivity contribution in [2.24, 2.45) is 13.0 Å². The molecule has 1 N–H and O–H groups in total. The maximum absolute atomic E-state index is 11.8. The van der Waals surface area contributed by atoms with Crippen LogP contribution in [0.1, 0.15) is 13.3 Å². The summed E-state index contributed by atoms with van der Waals surface area (Å²) >= 11 is 3.33. The van der Waals surface area contributed by atoms with Gasteiger partial charge in [-0.2, -0.15) is 5.10 Å². The zero-order chi connectivity index (χ0) is 12.2. The number of nitrogens with zero attached hydrogens (tertiary/aromatic N) is 2. The van der Waals surface area contributed by atoms with E-state index in [-0.39, 0.29) is 4.90 Å². The van der Waals surface area contributed by atoms with Gasteiger partial charge in [-0.15, -0.1) is 0 Å². The fourth-order valence-corrected chi connectivity index (χ4v) is 3.09. The van der Waals surface area contributed by atoms with Gasteiger partial charge in [-0.3, -0.25) is 4.68 Å². The highest BCUT2D eigenvalue weighted by molar-refractivity contribution is 9.09. The lowest BCUT2D eigenvalue weighted by Gasteiger charge is -2.10. The Morgan fingerprint density at radius 2 is 2.31 bits per heavy atom. The molecule has 16 heavy (non-hydrogen) atoms. The Balaban J connectivity index is 2.59. The molecule has 0 radical (unpaired) electrons. The van der Waals surface area contributed by atoms with Crippen LogP contribution in [0.25, 0.3) is 0 Å². The van der Waals surface area contributed by atoms with E-state index in [1.54, 1.807) is 7.05 Å². The molecule has 1 rings (SSSR count). The van der Waals surface area contributed by atoms with Crippen molar-refractivity contribution in [2.45, 2.75) is 18.2 Å². The van der Waals surface area contributed by atoms with Crippen LogP contribution in [0.4, 0.5) is 0 Å².